The van der Waals surface area contributed by atoms with E-state index in [9.17, 15) is 18.8 Å². The Morgan fingerprint density at radius 3 is 2.67 bits per heavy atom. The number of thiazole rings is 1. The van der Waals surface area contributed by atoms with E-state index in [0.29, 0.717) is 16.3 Å². The average Bonchev–Trinajstić information content (AvgIpc) is 3.28. The molecule has 2 aromatic carbocycles. The third-order valence-corrected chi connectivity index (χ3v) is 5.90. The molecule has 3 aromatic rings. The molecule has 2 heterocycles. The molecule has 1 saturated heterocycles. The molecule has 1 aromatic heterocycles. The number of imide groups is 1. The van der Waals surface area contributed by atoms with Crippen LogP contribution in [0.3, 0.4) is 0 Å². The first-order valence-corrected chi connectivity index (χ1v) is 9.91. The van der Waals surface area contributed by atoms with Gasteiger partial charge in [0.05, 0.1) is 12.2 Å². The van der Waals surface area contributed by atoms with Gasteiger partial charge in [-0.25, -0.2) is 14.2 Å². The van der Waals surface area contributed by atoms with Crippen LogP contribution in [0.15, 0.2) is 53.9 Å². The van der Waals surface area contributed by atoms with Gasteiger partial charge in [0.1, 0.15) is 16.4 Å². The lowest BCUT2D eigenvalue weighted by Crippen LogP contribution is -2.41. The highest BCUT2D eigenvalue weighted by Crippen LogP contribution is 2.31. The molecule has 1 aliphatic rings. The molecular formula is C21H17FN4O3S. The van der Waals surface area contributed by atoms with Crippen LogP contribution in [-0.2, 0) is 16.9 Å². The first-order valence-electron chi connectivity index (χ1n) is 9.03. The van der Waals surface area contributed by atoms with Gasteiger partial charge in [-0.1, -0.05) is 12.1 Å². The lowest BCUT2D eigenvalue weighted by molar-refractivity contribution is -0.131. The average molecular weight is 424 g/mol. The van der Waals surface area contributed by atoms with Crippen molar-refractivity contribution in [2.75, 3.05) is 0 Å². The topological polar surface area (TPSA) is 105 Å². The Bertz CT molecular complexity index is 1160. The molecule has 0 spiro atoms. The van der Waals surface area contributed by atoms with E-state index in [-0.39, 0.29) is 17.9 Å². The van der Waals surface area contributed by atoms with Crippen molar-refractivity contribution in [2.24, 2.45) is 5.73 Å². The second-order valence-corrected chi connectivity index (χ2v) is 7.90. The number of hydrogen-bond donors (Lipinski definition) is 2. The van der Waals surface area contributed by atoms with Crippen molar-refractivity contribution in [3.05, 3.63) is 76.5 Å². The van der Waals surface area contributed by atoms with Gasteiger partial charge in [0.2, 0.25) is 5.91 Å². The molecular weight excluding hydrogens is 407 g/mol. The van der Waals surface area contributed by atoms with Gasteiger partial charge in [-0.3, -0.25) is 14.5 Å². The monoisotopic (exact) mass is 424 g/mol. The number of primary amides is 1. The van der Waals surface area contributed by atoms with Gasteiger partial charge in [0.25, 0.3) is 5.91 Å². The van der Waals surface area contributed by atoms with E-state index in [2.05, 4.69) is 10.3 Å². The molecule has 1 atom stereocenters. The molecule has 1 aliphatic heterocycles. The number of hydrogen-bond acceptors (Lipinski definition) is 5. The summed E-state index contributed by atoms with van der Waals surface area (Å²) in [6.07, 6.45) is 0. The van der Waals surface area contributed by atoms with Gasteiger partial charge >= 0.3 is 6.03 Å². The molecule has 0 saturated carbocycles. The number of halogens is 1. The zero-order chi connectivity index (χ0) is 21.5. The Morgan fingerprint density at radius 1 is 1.23 bits per heavy atom. The van der Waals surface area contributed by atoms with Crippen molar-refractivity contribution in [3.63, 3.8) is 0 Å². The van der Waals surface area contributed by atoms with Crippen LogP contribution in [0.4, 0.5) is 9.18 Å². The zero-order valence-electron chi connectivity index (χ0n) is 15.9. The molecule has 4 rings (SSSR count). The number of aromatic nitrogens is 1. The number of amides is 4. The number of urea groups is 1. The van der Waals surface area contributed by atoms with Crippen molar-refractivity contribution in [2.45, 2.75) is 19.0 Å². The van der Waals surface area contributed by atoms with Crippen molar-refractivity contribution in [3.8, 4) is 10.6 Å². The smallest absolute Gasteiger partial charge is 0.325 e. The lowest BCUT2D eigenvalue weighted by atomic mass is 9.90. The summed E-state index contributed by atoms with van der Waals surface area (Å²) in [5, 5.41) is 5.11. The van der Waals surface area contributed by atoms with Gasteiger partial charge in [-0.2, -0.15) is 0 Å². The van der Waals surface area contributed by atoms with Gasteiger partial charge in [0.15, 0.2) is 0 Å². The van der Waals surface area contributed by atoms with Crippen LogP contribution in [0, 0.1) is 5.82 Å². The number of carbonyl (C=O) groups excluding carboxylic acids is 3. The molecule has 0 aliphatic carbocycles. The quantitative estimate of drug-likeness (QED) is 0.614. The summed E-state index contributed by atoms with van der Waals surface area (Å²) >= 11 is 1.34. The van der Waals surface area contributed by atoms with Crippen molar-refractivity contribution >= 4 is 29.2 Å². The van der Waals surface area contributed by atoms with Gasteiger partial charge in [0, 0.05) is 16.5 Å². The van der Waals surface area contributed by atoms with E-state index in [1.54, 1.807) is 42.6 Å². The predicted molar refractivity (Wildman–Crippen MR) is 109 cm³/mol. The van der Waals surface area contributed by atoms with E-state index < -0.39 is 23.4 Å². The molecule has 9 heteroatoms. The number of carbonyl (C=O) groups is 3. The van der Waals surface area contributed by atoms with Crippen LogP contribution in [0.25, 0.3) is 10.6 Å². The maximum atomic E-state index is 13.1. The normalized spacial score (nSPS) is 18.5. The second-order valence-electron chi connectivity index (χ2n) is 7.04. The van der Waals surface area contributed by atoms with E-state index in [0.717, 1.165) is 10.5 Å². The second kappa shape index (κ2) is 7.34. The number of rotatable bonds is 5. The third kappa shape index (κ3) is 3.43. The molecule has 4 amide bonds. The summed E-state index contributed by atoms with van der Waals surface area (Å²) < 4.78 is 13.1. The highest BCUT2D eigenvalue weighted by Gasteiger charge is 2.49. The number of nitrogens with one attached hydrogen (secondary N) is 1. The Kier molecular flexibility index (Phi) is 4.83. The first kappa shape index (κ1) is 19.7. The van der Waals surface area contributed by atoms with Crippen molar-refractivity contribution in [1.82, 2.24) is 15.2 Å². The number of nitrogens with two attached hydrogens (primary N) is 1. The Balaban J connectivity index is 1.57. The van der Waals surface area contributed by atoms with Crippen LogP contribution >= 0.6 is 11.3 Å². The summed E-state index contributed by atoms with van der Waals surface area (Å²) in [5.74, 6) is -1.41. The Labute approximate surface area is 175 Å². The minimum atomic E-state index is -1.32. The van der Waals surface area contributed by atoms with E-state index in [1.165, 1.54) is 29.5 Å². The minimum absolute atomic E-state index is 0.00649. The SMILES string of the molecule is CC1(c2cccc(C(N)=O)c2)NC(=O)N(Cc2csc(-c3ccc(F)cc3)n2)C1=O. The van der Waals surface area contributed by atoms with E-state index in [4.69, 9.17) is 5.73 Å². The standard InChI is InChI=1S/C21H17FN4O3S/c1-21(14-4-2-3-13(9-14)17(23)27)19(28)26(20(29)25-21)10-16-11-30-18(24-16)12-5-7-15(22)8-6-12/h2-9,11H,10H2,1H3,(H2,23,27)(H,25,29). The maximum Gasteiger partial charge on any atom is 0.325 e. The third-order valence-electron chi connectivity index (χ3n) is 4.96. The lowest BCUT2D eigenvalue weighted by Gasteiger charge is -2.22. The molecule has 152 valence electrons. The molecule has 0 radical (unpaired) electrons. The predicted octanol–water partition coefficient (Wildman–Crippen LogP) is 3.02. The molecule has 1 unspecified atom stereocenters. The zero-order valence-corrected chi connectivity index (χ0v) is 16.7. The fourth-order valence-electron chi connectivity index (χ4n) is 3.29. The highest BCUT2D eigenvalue weighted by molar-refractivity contribution is 7.13. The summed E-state index contributed by atoms with van der Waals surface area (Å²) in [4.78, 5) is 42.7. The Hall–Kier alpha value is -3.59. The maximum absolute atomic E-state index is 13.1. The largest absolute Gasteiger partial charge is 0.366 e. The van der Waals surface area contributed by atoms with Gasteiger partial charge < -0.3 is 11.1 Å². The summed E-state index contributed by atoms with van der Waals surface area (Å²) in [7, 11) is 0. The van der Waals surface area contributed by atoms with Crippen LogP contribution in [0.2, 0.25) is 0 Å². The number of nitrogens with zero attached hydrogens (tertiary/aromatic N) is 2. The van der Waals surface area contributed by atoms with Crippen LogP contribution in [-0.4, -0.2) is 27.7 Å². The van der Waals surface area contributed by atoms with E-state index in [1.807, 2.05) is 0 Å². The summed E-state index contributed by atoms with van der Waals surface area (Å²) in [5.41, 5.74) is 6.00. The summed E-state index contributed by atoms with van der Waals surface area (Å²) in [6, 6.07) is 11.7. The van der Waals surface area contributed by atoms with Gasteiger partial charge in [-0.05, 0) is 48.9 Å². The molecule has 30 heavy (non-hydrogen) atoms. The van der Waals surface area contributed by atoms with Crippen molar-refractivity contribution < 1.29 is 18.8 Å². The van der Waals surface area contributed by atoms with Crippen LogP contribution in [0.5, 0.6) is 0 Å². The van der Waals surface area contributed by atoms with Crippen LogP contribution < -0.4 is 11.1 Å². The molecule has 3 N–H and O–H groups in total. The molecule has 7 nitrogen and oxygen atoms in total. The van der Waals surface area contributed by atoms with Crippen LogP contribution in [0.1, 0.15) is 28.5 Å². The Morgan fingerprint density at radius 2 is 1.97 bits per heavy atom. The first-order chi connectivity index (χ1) is 14.3. The molecule has 0 bridgehead atoms. The molecule has 1 fully saturated rings. The fourth-order valence-corrected chi connectivity index (χ4v) is 4.10. The highest BCUT2D eigenvalue weighted by atomic mass is 32.1. The number of benzene rings is 2. The fraction of sp³-hybridized carbons (Fsp3) is 0.143. The summed E-state index contributed by atoms with van der Waals surface area (Å²) in [6.45, 7) is 1.58. The van der Waals surface area contributed by atoms with E-state index >= 15 is 0 Å². The van der Waals surface area contributed by atoms with Crippen molar-refractivity contribution in [1.29, 1.82) is 0 Å². The minimum Gasteiger partial charge on any atom is -0.366 e. The van der Waals surface area contributed by atoms with Gasteiger partial charge in [-0.15, -0.1) is 11.3 Å².